The summed E-state index contributed by atoms with van der Waals surface area (Å²) in [6.07, 6.45) is 1.59. The Morgan fingerprint density at radius 3 is 2.86 bits per heavy atom. The van der Waals surface area contributed by atoms with Crippen molar-refractivity contribution >= 4 is 17.3 Å². The molecule has 0 atom stereocenters. The summed E-state index contributed by atoms with van der Waals surface area (Å²) in [4.78, 5) is 16.3. The summed E-state index contributed by atoms with van der Waals surface area (Å²) in [7, 11) is 0. The highest BCUT2D eigenvalue weighted by Crippen LogP contribution is 2.18. The highest BCUT2D eigenvalue weighted by atomic mass is 16.1. The van der Waals surface area contributed by atoms with E-state index in [0.717, 1.165) is 17.8 Å². The minimum absolute atomic E-state index is 0.298. The third-order valence-corrected chi connectivity index (χ3v) is 2.99. The normalized spacial score (nSPS) is 9.76. The van der Waals surface area contributed by atoms with Gasteiger partial charge in [0.2, 0.25) is 0 Å². The van der Waals surface area contributed by atoms with Crippen molar-refractivity contribution in [1.29, 1.82) is 5.26 Å². The first-order valence-electron chi connectivity index (χ1n) is 6.66. The number of hydrogen-bond donors (Lipinski definition) is 2. The van der Waals surface area contributed by atoms with Crippen LogP contribution < -0.4 is 10.6 Å². The first-order chi connectivity index (χ1) is 10.1. The summed E-state index contributed by atoms with van der Waals surface area (Å²) in [5, 5.41) is 14.8. The zero-order chi connectivity index (χ0) is 15.2. The van der Waals surface area contributed by atoms with Crippen molar-refractivity contribution < 1.29 is 4.79 Å². The van der Waals surface area contributed by atoms with Gasteiger partial charge in [0.05, 0.1) is 11.6 Å². The zero-order valence-corrected chi connectivity index (χ0v) is 12.0. The van der Waals surface area contributed by atoms with E-state index in [1.807, 2.05) is 19.9 Å². The van der Waals surface area contributed by atoms with Crippen molar-refractivity contribution in [3.63, 3.8) is 0 Å². The van der Waals surface area contributed by atoms with Crippen molar-refractivity contribution in [3.8, 4) is 6.07 Å². The molecule has 0 radical (unpaired) electrons. The van der Waals surface area contributed by atoms with Crippen LogP contribution in [-0.2, 0) is 0 Å². The van der Waals surface area contributed by atoms with E-state index in [1.165, 1.54) is 0 Å². The van der Waals surface area contributed by atoms with Crippen LogP contribution in [0.5, 0.6) is 0 Å². The number of amides is 1. The first kappa shape index (κ1) is 14.5. The van der Waals surface area contributed by atoms with Crippen LogP contribution in [0.1, 0.15) is 28.5 Å². The standard InChI is InChI=1S/C16H16N4O/c1-3-18-13-6-7-19-15(9-13)16(21)20-14-8-12(10-17)5-4-11(14)2/h4-9H,3H2,1-2H3,(H,18,19)(H,20,21). The average Bonchev–Trinajstić information content (AvgIpc) is 2.50. The van der Waals surface area contributed by atoms with Gasteiger partial charge in [-0.2, -0.15) is 5.26 Å². The van der Waals surface area contributed by atoms with Gasteiger partial charge < -0.3 is 10.6 Å². The Bertz CT molecular complexity index is 704. The van der Waals surface area contributed by atoms with Crippen LogP contribution in [0, 0.1) is 18.3 Å². The van der Waals surface area contributed by atoms with Gasteiger partial charge in [0, 0.05) is 24.1 Å². The molecule has 1 aromatic heterocycles. The molecule has 5 nitrogen and oxygen atoms in total. The lowest BCUT2D eigenvalue weighted by atomic mass is 10.1. The van der Waals surface area contributed by atoms with Crippen molar-refractivity contribution in [2.75, 3.05) is 17.2 Å². The molecule has 0 saturated heterocycles. The lowest BCUT2D eigenvalue weighted by Gasteiger charge is -2.09. The lowest BCUT2D eigenvalue weighted by molar-refractivity contribution is 0.102. The molecule has 1 aromatic carbocycles. The molecule has 0 saturated carbocycles. The molecule has 0 fully saturated rings. The van der Waals surface area contributed by atoms with E-state index in [4.69, 9.17) is 5.26 Å². The smallest absolute Gasteiger partial charge is 0.274 e. The Morgan fingerprint density at radius 2 is 2.14 bits per heavy atom. The van der Waals surface area contributed by atoms with Crippen molar-refractivity contribution in [1.82, 2.24) is 4.98 Å². The van der Waals surface area contributed by atoms with Crippen molar-refractivity contribution in [2.45, 2.75) is 13.8 Å². The summed E-state index contributed by atoms with van der Waals surface area (Å²) in [6, 6.07) is 10.7. The number of nitriles is 1. The molecule has 106 valence electrons. The van der Waals surface area contributed by atoms with Crippen LogP contribution in [-0.4, -0.2) is 17.4 Å². The molecule has 21 heavy (non-hydrogen) atoms. The second kappa shape index (κ2) is 6.53. The summed E-state index contributed by atoms with van der Waals surface area (Å²) >= 11 is 0. The van der Waals surface area contributed by atoms with Gasteiger partial charge in [-0.05, 0) is 43.7 Å². The molecular weight excluding hydrogens is 264 g/mol. The number of nitrogens with zero attached hydrogens (tertiary/aromatic N) is 2. The number of carbonyl (C=O) groups is 1. The van der Waals surface area contributed by atoms with Crippen LogP contribution in [0.3, 0.4) is 0 Å². The van der Waals surface area contributed by atoms with E-state index < -0.39 is 0 Å². The van der Waals surface area contributed by atoms with E-state index in [0.29, 0.717) is 16.9 Å². The fourth-order valence-corrected chi connectivity index (χ4v) is 1.88. The number of aryl methyl sites for hydroxylation is 1. The first-order valence-corrected chi connectivity index (χ1v) is 6.66. The zero-order valence-electron chi connectivity index (χ0n) is 12.0. The van der Waals surface area contributed by atoms with Gasteiger partial charge in [0.1, 0.15) is 5.69 Å². The number of aromatic nitrogens is 1. The van der Waals surface area contributed by atoms with E-state index >= 15 is 0 Å². The van der Waals surface area contributed by atoms with Crippen LogP contribution in [0.15, 0.2) is 36.5 Å². The minimum Gasteiger partial charge on any atom is -0.385 e. The maximum atomic E-state index is 12.2. The molecule has 0 aliphatic heterocycles. The quantitative estimate of drug-likeness (QED) is 0.902. The van der Waals surface area contributed by atoms with Crippen LogP contribution in [0.25, 0.3) is 0 Å². The fraction of sp³-hybridized carbons (Fsp3) is 0.188. The van der Waals surface area contributed by atoms with E-state index in [9.17, 15) is 4.79 Å². The maximum Gasteiger partial charge on any atom is 0.274 e. The molecular formula is C16H16N4O. The Kier molecular flexibility index (Phi) is 4.52. The Morgan fingerprint density at radius 1 is 1.33 bits per heavy atom. The predicted octanol–water partition coefficient (Wildman–Crippen LogP) is 2.95. The van der Waals surface area contributed by atoms with Crippen molar-refractivity contribution in [3.05, 3.63) is 53.3 Å². The molecule has 0 aliphatic rings. The highest BCUT2D eigenvalue weighted by Gasteiger charge is 2.10. The number of anilines is 2. The van der Waals surface area contributed by atoms with Gasteiger partial charge in [-0.3, -0.25) is 9.78 Å². The number of hydrogen-bond acceptors (Lipinski definition) is 4. The number of benzene rings is 1. The van der Waals surface area contributed by atoms with Gasteiger partial charge in [0.15, 0.2) is 0 Å². The SMILES string of the molecule is CCNc1ccnc(C(=O)Nc2cc(C#N)ccc2C)c1. The summed E-state index contributed by atoms with van der Waals surface area (Å²) < 4.78 is 0. The molecule has 1 heterocycles. The summed E-state index contributed by atoms with van der Waals surface area (Å²) in [6.45, 7) is 4.63. The average molecular weight is 280 g/mol. The number of rotatable bonds is 4. The van der Waals surface area contributed by atoms with Gasteiger partial charge >= 0.3 is 0 Å². The van der Waals surface area contributed by atoms with Crippen LogP contribution in [0.4, 0.5) is 11.4 Å². The molecule has 2 rings (SSSR count). The monoisotopic (exact) mass is 280 g/mol. The molecule has 5 heteroatoms. The van der Waals surface area contributed by atoms with E-state index in [1.54, 1.807) is 30.5 Å². The topological polar surface area (TPSA) is 77.8 Å². The lowest BCUT2D eigenvalue weighted by Crippen LogP contribution is -2.15. The Labute approximate surface area is 123 Å². The van der Waals surface area contributed by atoms with Crippen LogP contribution >= 0.6 is 0 Å². The van der Waals surface area contributed by atoms with Gasteiger partial charge in [0.25, 0.3) is 5.91 Å². The number of pyridine rings is 1. The maximum absolute atomic E-state index is 12.2. The third-order valence-electron chi connectivity index (χ3n) is 2.99. The molecule has 0 aliphatic carbocycles. The van der Waals surface area contributed by atoms with Gasteiger partial charge in [-0.25, -0.2) is 0 Å². The van der Waals surface area contributed by atoms with E-state index in [2.05, 4.69) is 21.7 Å². The number of carbonyl (C=O) groups excluding carboxylic acids is 1. The molecule has 1 amide bonds. The molecule has 0 spiro atoms. The predicted molar refractivity (Wildman–Crippen MR) is 82.2 cm³/mol. The highest BCUT2D eigenvalue weighted by molar-refractivity contribution is 6.03. The molecule has 2 aromatic rings. The molecule has 0 unspecified atom stereocenters. The second-order valence-corrected chi connectivity index (χ2v) is 4.56. The molecule has 2 N–H and O–H groups in total. The van der Waals surface area contributed by atoms with E-state index in [-0.39, 0.29) is 5.91 Å². The van der Waals surface area contributed by atoms with Crippen LogP contribution in [0.2, 0.25) is 0 Å². The van der Waals surface area contributed by atoms with Gasteiger partial charge in [-0.15, -0.1) is 0 Å². The number of nitrogens with one attached hydrogen (secondary N) is 2. The second-order valence-electron chi connectivity index (χ2n) is 4.56. The largest absolute Gasteiger partial charge is 0.385 e. The summed E-state index contributed by atoms with van der Waals surface area (Å²) in [5.41, 5.74) is 3.19. The van der Waals surface area contributed by atoms with Gasteiger partial charge in [-0.1, -0.05) is 6.07 Å². The summed E-state index contributed by atoms with van der Waals surface area (Å²) in [5.74, 6) is -0.298. The Balaban J connectivity index is 2.22. The van der Waals surface area contributed by atoms with Crippen molar-refractivity contribution in [2.24, 2.45) is 0 Å². The fourth-order valence-electron chi connectivity index (χ4n) is 1.88. The Hall–Kier alpha value is -2.87. The molecule has 0 bridgehead atoms. The minimum atomic E-state index is -0.298. The third kappa shape index (κ3) is 3.57.